The minimum Gasteiger partial charge on any atom is -0.493 e. The van der Waals surface area contributed by atoms with Crippen molar-refractivity contribution >= 4 is 40.6 Å². The van der Waals surface area contributed by atoms with Crippen LogP contribution in [0.1, 0.15) is 34.9 Å². The van der Waals surface area contributed by atoms with E-state index in [0.717, 1.165) is 5.56 Å². The van der Waals surface area contributed by atoms with E-state index in [1.165, 1.54) is 11.3 Å². The van der Waals surface area contributed by atoms with E-state index in [0.29, 0.717) is 52.4 Å². The maximum absolute atomic E-state index is 12.8. The molecular weight excluding hydrogens is 488 g/mol. The number of amides is 3. The zero-order valence-electron chi connectivity index (χ0n) is 20.1. The lowest BCUT2D eigenvalue weighted by molar-refractivity contribution is 0.0949. The number of benzene rings is 2. The van der Waals surface area contributed by atoms with Crippen LogP contribution in [-0.2, 0) is 13.0 Å². The van der Waals surface area contributed by atoms with Gasteiger partial charge in [0.25, 0.3) is 5.91 Å². The molecule has 0 aliphatic carbocycles. The summed E-state index contributed by atoms with van der Waals surface area (Å²) in [5.74, 6) is 1.05. The predicted molar refractivity (Wildman–Crippen MR) is 139 cm³/mol. The Morgan fingerprint density at radius 3 is 2.46 bits per heavy atom. The predicted octanol–water partition coefficient (Wildman–Crippen LogP) is 5.23. The van der Waals surface area contributed by atoms with Crippen LogP contribution < -0.4 is 20.1 Å². The highest BCUT2D eigenvalue weighted by Gasteiger charge is 2.20. The van der Waals surface area contributed by atoms with Gasteiger partial charge in [0.1, 0.15) is 10.7 Å². The summed E-state index contributed by atoms with van der Waals surface area (Å²) < 4.78 is 10.6. The van der Waals surface area contributed by atoms with Crippen LogP contribution in [0.5, 0.6) is 11.5 Å². The SMILES string of the molecule is COc1ccc(CCNC(=O)c2csc(CN(C(=O)Nc3ccc(Cl)cc3)C(C)C)n2)cc1OC. The molecule has 2 aromatic carbocycles. The van der Waals surface area contributed by atoms with Gasteiger partial charge in [0.2, 0.25) is 0 Å². The lowest BCUT2D eigenvalue weighted by atomic mass is 10.1. The zero-order chi connectivity index (χ0) is 25.4. The number of anilines is 1. The van der Waals surface area contributed by atoms with Crippen LogP contribution in [0, 0.1) is 0 Å². The second-order valence-corrected chi connectivity index (χ2v) is 9.36. The first-order valence-corrected chi connectivity index (χ1v) is 12.3. The minimum atomic E-state index is -0.255. The molecule has 3 rings (SSSR count). The van der Waals surface area contributed by atoms with Crippen molar-refractivity contribution in [2.24, 2.45) is 0 Å². The Balaban J connectivity index is 1.55. The normalized spacial score (nSPS) is 10.7. The molecule has 0 saturated carbocycles. The van der Waals surface area contributed by atoms with Gasteiger partial charge in [-0.15, -0.1) is 11.3 Å². The highest BCUT2D eigenvalue weighted by molar-refractivity contribution is 7.09. The summed E-state index contributed by atoms with van der Waals surface area (Å²) in [6.45, 7) is 4.59. The first-order chi connectivity index (χ1) is 16.8. The van der Waals surface area contributed by atoms with Gasteiger partial charge in [-0.1, -0.05) is 17.7 Å². The number of halogens is 1. The first-order valence-electron chi connectivity index (χ1n) is 11.1. The van der Waals surface area contributed by atoms with Crippen LogP contribution in [0.3, 0.4) is 0 Å². The van der Waals surface area contributed by atoms with E-state index in [1.54, 1.807) is 48.8 Å². The number of nitrogens with zero attached hydrogens (tertiary/aromatic N) is 2. The van der Waals surface area contributed by atoms with Crippen molar-refractivity contribution < 1.29 is 19.1 Å². The molecule has 2 N–H and O–H groups in total. The lowest BCUT2D eigenvalue weighted by Crippen LogP contribution is -2.39. The maximum Gasteiger partial charge on any atom is 0.322 e. The van der Waals surface area contributed by atoms with Crippen molar-refractivity contribution in [1.29, 1.82) is 0 Å². The molecule has 0 spiro atoms. The molecule has 1 heterocycles. The fourth-order valence-electron chi connectivity index (χ4n) is 3.30. The number of thiazole rings is 1. The molecule has 1 aromatic heterocycles. The van der Waals surface area contributed by atoms with Crippen LogP contribution in [0.15, 0.2) is 47.8 Å². The Bertz CT molecular complexity index is 1150. The summed E-state index contributed by atoms with van der Waals surface area (Å²) in [5, 5.41) is 8.74. The molecule has 8 nitrogen and oxygen atoms in total. The summed E-state index contributed by atoms with van der Waals surface area (Å²) in [7, 11) is 3.18. The van der Waals surface area contributed by atoms with Crippen LogP contribution in [0.2, 0.25) is 5.02 Å². The van der Waals surface area contributed by atoms with Crippen LogP contribution >= 0.6 is 22.9 Å². The van der Waals surface area contributed by atoms with Crippen molar-refractivity contribution in [1.82, 2.24) is 15.2 Å². The van der Waals surface area contributed by atoms with Gasteiger partial charge in [0.15, 0.2) is 11.5 Å². The minimum absolute atomic E-state index is 0.0648. The number of ether oxygens (including phenoxy) is 2. The third kappa shape index (κ3) is 7.34. The molecule has 3 aromatic rings. The standard InChI is InChI=1S/C25H29ClN4O4S/c1-16(2)30(25(32)28-19-8-6-18(26)7-9-19)14-23-29-20(15-35-23)24(31)27-12-11-17-5-10-21(33-3)22(13-17)34-4/h5-10,13,15-16H,11-12,14H2,1-4H3,(H,27,31)(H,28,32). The zero-order valence-corrected chi connectivity index (χ0v) is 21.7. The summed E-state index contributed by atoms with van der Waals surface area (Å²) in [4.78, 5) is 31.5. The largest absolute Gasteiger partial charge is 0.493 e. The lowest BCUT2D eigenvalue weighted by Gasteiger charge is -2.26. The van der Waals surface area contributed by atoms with Crippen LogP contribution in [0.25, 0.3) is 0 Å². The van der Waals surface area contributed by atoms with E-state index in [2.05, 4.69) is 15.6 Å². The first kappa shape index (κ1) is 26.3. The molecule has 0 bridgehead atoms. The highest BCUT2D eigenvalue weighted by atomic mass is 35.5. The van der Waals surface area contributed by atoms with E-state index in [9.17, 15) is 9.59 Å². The number of methoxy groups -OCH3 is 2. The molecule has 186 valence electrons. The van der Waals surface area contributed by atoms with Gasteiger partial charge in [0.05, 0.1) is 20.8 Å². The quantitative estimate of drug-likeness (QED) is 0.385. The number of urea groups is 1. The molecule has 0 saturated heterocycles. The maximum atomic E-state index is 12.8. The Labute approximate surface area is 214 Å². The summed E-state index contributed by atoms with van der Waals surface area (Å²) in [5.41, 5.74) is 2.00. The van der Waals surface area contributed by atoms with Gasteiger partial charge >= 0.3 is 6.03 Å². The number of carbonyl (C=O) groups is 2. The van der Waals surface area contributed by atoms with Gasteiger partial charge in [-0.3, -0.25) is 4.79 Å². The molecule has 3 amide bonds. The molecule has 0 atom stereocenters. The molecule has 0 fully saturated rings. The van der Waals surface area contributed by atoms with E-state index >= 15 is 0 Å². The van der Waals surface area contributed by atoms with E-state index < -0.39 is 0 Å². The molecule has 0 aliphatic heterocycles. The fourth-order valence-corrected chi connectivity index (χ4v) is 4.20. The average molecular weight is 517 g/mol. The Hall–Kier alpha value is -3.30. The van der Waals surface area contributed by atoms with Crippen molar-refractivity contribution in [2.45, 2.75) is 32.9 Å². The van der Waals surface area contributed by atoms with E-state index in [1.807, 2.05) is 32.0 Å². The molecule has 0 aliphatic rings. The third-order valence-corrected chi connectivity index (χ3v) is 6.30. The van der Waals surface area contributed by atoms with Gasteiger partial charge in [0, 0.05) is 28.7 Å². The van der Waals surface area contributed by atoms with Crippen molar-refractivity contribution in [3.8, 4) is 11.5 Å². The van der Waals surface area contributed by atoms with Crippen molar-refractivity contribution in [3.05, 3.63) is 69.1 Å². The monoisotopic (exact) mass is 516 g/mol. The Morgan fingerprint density at radius 2 is 1.80 bits per heavy atom. The molecule has 10 heteroatoms. The Kier molecular flexibility index (Phi) is 9.33. The molecule has 0 radical (unpaired) electrons. The van der Waals surface area contributed by atoms with Gasteiger partial charge in [-0.2, -0.15) is 0 Å². The van der Waals surface area contributed by atoms with Gasteiger partial charge in [-0.25, -0.2) is 9.78 Å². The molecular formula is C25H29ClN4O4S. The number of rotatable bonds is 10. The van der Waals surface area contributed by atoms with E-state index in [4.69, 9.17) is 21.1 Å². The van der Waals surface area contributed by atoms with Crippen molar-refractivity contribution in [3.63, 3.8) is 0 Å². The fraction of sp³-hybridized carbons (Fsp3) is 0.320. The van der Waals surface area contributed by atoms with Crippen LogP contribution in [0.4, 0.5) is 10.5 Å². The molecule has 35 heavy (non-hydrogen) atoms. The second kappa shape index (κ2) is 12.4. The average Bonchev–Trinajstić information content (AvgIpc) is 3.32. The molecule has 0 unspecified atom stereocenters. The van der Waals surface area contributed by atoms with Crippen molar-refractivity contribution in [2.75, 3.05) is 26.1 Å². The third-order valence-electron chi connectivity index (χ3n) is 5.22. The summed E-state index contributed by atoms with van der Waals surface area (Å²) in [6, 6.07) is 12.3. The van der Waals surface area contributed by atoms with E-state index in [-0.39, 0.29) is 18.0 Å². The number of hydrogen-bond donors (Lipinski definition) is 2. The van der Waals surface area contributed by atoms with Gasteiger partial charge in [-0.05, 0) is 62.2 Å². The highest BCUT2D eigenvalue weighted by Crippen LogP contribution is 2.27. The smallest absolute Gasteiger partial charge is 0.322 e. The number of aromatic nitrogens is 1. The summed E-state index contributed by atoms with van der Waals surface area (Å²) >= 11 is 7.26. The van der Waals surface area contributed by atoms with Crippen LogP contribution in [-0.4, -0.2) is 48.6 Å². The summed E-state index contributed by atoms with van der Waals surface area (Å²) in [6.07, 6.45) is 0.634. The number of nitrogens with one attached hydrogen (secondary N) is 2. The number of carbonyl (C=O) groups excluding carboxylic acids is 2. The van der Waals surface area contributed by atoms with Gasteiger partial charge < -0.3 is 25.0 Å². The Morgan fingerprint density at radius 1 is 1.09 bits per heavy atom. The topological polar surface area (TPSA) is 92.8 Å². The second-order valence-electron chi connectivity index (χ2n) is 7.98. The number of hydrogen-bond acceptors (Lipinski definition) is 6.